The van der Waals surface area contributed by atoms with Gasteiger partial charge in [-0.3, -0.25) is 4.99 Å². The predicted molar refractivity (Wildman–Crippen MR) is 74.7 cm³/mol. The van der Waals surface area contributed by atoms with E-state index in [-0.39, 0.29) is 16.8 Å². The summed E-state index contributed by atoms with van der Waals surface area (Å²) in [5.74, 6) is -1.16. The van der Waals surface area contributed by atoms with Gasteiger partial charge < -0.3 is 10.5 Å². The van der Waals surface area contributed by atoms with Gasteiger partial charge in [0.25, 0.3) is 0 Å². The topological polar surface area (TPSA) is 64.7 Å². The van der Waals surface area contributed by atoms with E-state index < -0.39 is 11.8 Å². The fraction of sp³-hybridized carbons (Fsp3) is 0.143. The van der Waals surface area contributed by atoms with Crippen molar-refractivity contribution in [2.75, 3.05) is 19.9 Å². The first-order chi connectivity index (χ1) is 9.04. The predicted octanol–water partition coefficient (Wildman–Crippen LogP) is 2.46. The Labute approximate surface area is 111 Å². The Kier molecular flexibility index (Phi) is 5.00. The second kappa shape index (κ2) is 6.49. The fourth-order valence-corrected chi connectivity index (χ4v) is 1.52. The maximum atomic E-state index is 13.9. The number of carbonyl (C=O) groups is 1. The van der Waals surface area contributed by atoms with E-state index in [9.17, 15) is 9.18 Å². The van der Waals surface area contributed by atoms with Crippen molar-refractivity contribution in [3.63, 3.8) is 0 Å². The molecule has 0 aliphatic heterocycles. The normalized spacial score (nSPS) is 11.6. The van der Waals surface area contributed by atoms with Gasteiger partial charge in [0.2, 0.25) is 0 Å². The molecule has 0 fully saturated rings. The molecule has 0 aliphatic rings. The molecule has 0 amide bonds. The Balaban J connectivity index is 3.43. The smallest absolute Gasteiger partial charge is 0.339 e. The van der Waals surface area contributed by atoms with Crippen LogP contribution in [-0.2, 0) is 4.74 Å². The van der Waals surface area contributed by atoms with Crippen LogP contribution in [0.2, 0.25) is 0 Å². The highest BCUT2D eigenvalue weighted by Crippen LogP contribution is 2.25. The van der Waals surface area contributed by atoms with E-state index in [2.05, 4.69) is 16.3 Å². The first-order valence-corrected chi connectivity index (χ1v) is 5.47. The number of methoxy groups -OCH3 is 1. The number of ether oxygens (including phenoxy) is 1. The molecule has 1 rings (SSSR count). The summed E-state index contributed by atoms with van der Waals surface area (Å²) >= 11 is 0. The maximum Gasteiger partial charge on any atom is 0.339 e. The Hall–Kier alpha value is -2.43. The fourth-order valence-electron chi connectivity index (χ4n) is 1.52. The van der Waals surface area contributed by atoms with Crippen LogP contribution in [0.3, 0.4) is 0 Å². The zero-order valence-electron chi connectivity index (χ0n) is 10.8. The van der Waals surface area contributed by atoms with Crippen LogP contribution in [0.4, 0.5) is 10.1 Å². The first-order valence-electron chi connectivity index (χ1n) is 5.47. The van der Waals surface area contributed by atoms with Crippen molar-refractivity contribution in [3.8, 4) is 0 Å². The summed E-state index contributed by atoms with van der Waals surface area (Å²) in [7, 11) is 2.83. The third-order valence-corrected chi connectivity index (χ3v) is 2.48. The maximum absolute atomic E-state index is 13.9. The lowest BCUT2D eigenvalue weighted by molar-refractivity contribution is 0.0602. The van der Waals surface area contributed by atoms with Crippen molar-refractivity contribution in [2.45, 2.75) is 0 Å². The summed E-state index contributed by atoms with van der Waals surface area (Å²) in [6, 6.07) is 2.43. The van der Waals surface area contributed by atoms with Gasteiger partial charge in [-0.1, -0.05) is 12.7 Å². The SMILES string of the molecule is C=C/C(=C\C=NC)c1cc(C(=O)OC)c(N)cc1F. The Bertz CT molecular complexity index is 563. The second-order valence-electron chi connectivity index (χ2n) is 3.64. The molecule has 2 N–H and O–H groups in total. The van der Waals surface area contributed by atoms with Crippen LogP contribution in [0, 0.1) is 5.82 Å². The molecular formula is C14H15FN2O2. The Morgan fingerprint density at radius 2 is 2.16 bits per heavy atom. The number of anilines is 1. The molecule has 0 aromatic heterocycles. The van der Waals surface area contributed by atoms with E-state index in [0.717, 1.165) is 6.07 Å². The van der Waals surface area contributed by atoms with Crippen LogP contribution in [-0.4, -0.2) is 26.3 Å². The number of esters is 1. The van der Waals surface area contributed by atoms with Crippen LogP contribution in [0.1, 0.15) is 15.9 Å². The van der Waals surface area contributed by atoms with Crippen LogP contribution < -0.4 is 5.73 Å². The van der Waals surface area contributed by atoms with E-state index in [0.29, 0.717) is 5.57 Å². The average molecular weight is 262 g/mol. The average Bonchev–Trinajstić information content (AvgIpc) is 2.40. The minimum Gasteiger partial charge on any atom is -0.465 e. The van der Waals surface area contributed by atoms with E-state index in [1.165, 1.54) is 25.5 Å². The van der Waals surface area contributed by atoms with Crippen LogP contribution in [0.15, 0.2) is 35.9 Å². The number of hydrogen-bond acceptors (Lipinski definition) is 4. The number of halogens is 1. The summed E-state index contributed by atoms with van der Waals surface area (Å²) in [6.07, 6.45) is 4.56. The molecule has 0 unspecified atom stereocenters. The van der Waals surface area contributed by atoms with E-state index in [1.54, 1.807) is 13.1 Å². The van der Waals surface area contributed by atoms with E-state index in [4.69, 9.17) is 5.73 Å². The van der Waals surface area contributed by atoms with Gasteiger partial charge in [-0.15, -0.1) is 0 Å². The molecule has 19 heavy (non-hydrogen) atoms. The molecule has 0 heterocycles. The number of carbonyl (C=O) groups excluding carboxylic acids is 1. The van der Waals surface area contributed by atoms with E-state index >= 15 is 0 Å². The first kappa shape index (κ1) is 14.6. The molecule has 0 radical (unpaired) electrons. The third kappa shape index (κ3) is 3.28. The number of benzene rings is 1. The van der Waals surface area contributed by atoms with Crippen LogP contribution in [0.25, 0.3) is 5.57 Å². The molecule has 1 aromatic carbocycles. The highest BCUT2D eigenvalue weighted by molar-refractivity contribution is 5.97. The Morgan fingerprint density at radius 3 is 2.68 bits per heavy atom. The van der Waals surface area contributed by atoms with Gasteiger partial charge in [0, 0.05) is 24.5 Å². The summed E-state index contributed by atoms with van der Waals surface area (Å²) < 4.78 is 18.5. The summed E-state index contributed by atoms with van der Waals surface area (Å²) in [5, 5.41) is 0. The number of nitrogen functional groups attached to an aromatic ring is 1. The van der Waals surface area contributed by atoms with Gasteiger partial charge in [0.1, 0.15) is 5.82 Å². The van der Waals surface area contributed by atoms with Crippen LogP contribution in [0.5, 0.6) is 0 Å². The Morgan fingerprint density at radius 1 is 1.47 bits per heavy atom. The lowest BCUT2D eigenvalue weighted by Crippen LogP contribution is -2.07. The zero-order valence-corrected chi connectivity index (χ0v) is 10.8. The van der Waals surface area contributed by atoms with Gasteiger partial charge in [0.15, 0.2) is 0 Å². The van der Waals surface area contributed by atoms with Crippen molar-refractivity contribution in [2.24, 2.45) is 4.99 Å². The second-order valence-corrected chi connectivity index (χ2v) is 3.64. The minimum absolute atomic E-state index is 0.0284. The summed E-state index contributed by atoms with van der Waals surface area (Å²) in [5.41, 5.74) is 6.44. The molecule has 0 saturated heterocycles. The van der Waals surface area contributed by atoms with Gasteiger partial charge in [-0.25, -0.2) is 9.18 Å². The van der Waals surface area contributed by atoms with Crippen molar-refractivity contribution in [1.29, 1.82) is 0 Å². The lowest BCUT2D eigenvalue weighted by Gasteiger charge is -2.09. The monoisotopic (exact) mass is 262 g/mol. The molecule has 5 heteroatoms. The summed E-state index contributed by atoms with van der Waals surface area (Å²) in [6.45, 7) is 3.60. The third-order valence-electron chi connectivity index (χ3n) is 2.48. The molecule has 0 aliphatic carbocycles. The molecule has 0 spiro atoms. The number of hydrogen-bond donors (Lipinski definition) is 1. The molecule has 0 saturated carbocycles. The minimum atomic E-state index is -0.619. The van der Waals surface area contributed by atoms with Crippen LogP contribution >= 0.6 is 0 Å². The van der Waals surface area contributed by atoms with Gasteiger partial charge in [0.05, 0.1) is 12.7 Å². The quantitative estimate of drug-likeness (QED) is 0.392. The number of allylic oxidation sites excluding steroid dienone is 3. The highest BCUT2D eigenvalue weighted by atomic mass is 19.1. The number of nitrogens with two attached hydrogens (primary N) is 1. The largest absolute Gasteiger partial charge is 0.465 e. The standard InChI is InChI=1S/C14H15FN2O2/c1-4-9(5-6-17-2)10-7-11(14(18)19-3)13(16)8-12(10)15/h4-8H,1,16H2,2-3H3/b9-5+,17-6?. The highest BCUT2D eigenvalue weighted by Gasteiger charge is 2.15. The van der Waals surface area contributed by atoms with Crippen molar-refractivity contribution >= 4 is 23.4 Å². The van der Waals surface area contributed by atoms with Gasteiger partial charge >= 0.3 is 5.97 Å². The zero-order chi connectivity index (χ0) is 14.4. The van der Waals surface area contributed by atoms with Gasteiger partial charge in [-0.2, -0.15) is 0 Å². The van der Waals surface area contributed by atoms with Crippen molar-refractivity contribution in [3.05, 3.63) is 47.8 Å². The molecule has 4 nitrogen and oxygen atoms in total. The number of aliphatic imine (C=N–C) groups is 1. The molecule has 100 valence electrons. The van der Waals surface area contributed by atoms with Crippen molar-refractivity contribution < 1.29 is 13.9 Å². The molecule has 0 atom stereocenters. The molecule has 1 aromatic rings. The molecular weight excluding hydrogens is 247 g/mol. The van der Waals surface area contributed by atoms with Gasteiger partial charge in [-0.05, 0) is 23.8 Å². The molecule has 0 bridgehead atoms. The lowest BCUT2D eigenvalue weighted by atomic mass is 10.0. The summed E-state index contributed by atoms with van der Waals surface area (Å²) in [4.78, 5) is 15.3. The van der Waals surface area contributed by atoms with E-state index in [1.807, 2.05) is 0 Å². The van der Waals surface area contributed by atoms with Crippen molar-refractivity contribution in [1.82, 2.24) is 0 Å². The number of rotatable bonds is 4. The number of nitrogens with zero attached hydrogens (tertiary/aromatic N) is 1.